The molecule has 4 aromatic rings. The van der Waals surface area contributed by atoms with Crippen LogP contribution in [0.3, 0.4) is 0 Å². The molecule has 2 heterocycles. The van der Waals surface area contributed by atoms with Crippen LogP contribution >= 0.6 is 31.5 Å². The minimum Gasteiger partial charge on any atom is -0.452 e. The van der Waals surface area contributed by atoms with Crippen molar-refractivity contribution >= 4 is 60.3 Å². The Kier molecular flexibility index (Phi) is 6.73. The van der Waals surface area contributed by atoms with E-state index in [0.717, 1.165) is 35.5 Å². The molecule has 1 atom stereocenters. The average molecular weight is 510 g/mol. The highest BCUT2D eigenvalue weighted by Crippen LogP contribution is 2.40. The summed E-state index contributed by atoms with van der Waals surface area (Å²) in [5, 5.41) is 11.2. The lowest BCUT2D eigenvalue weighted by atomic mass is 10.0. The molecule has 1 aromatic heterocycles. The van der Waals surface area contributed by atoms with Gasteiger partial charge in [0.1, 0.15) is 10.8 Å². The van der Waals surface area contributed by atoms with Crippen molar-refractivity contribution in [3.63, 3.8) is 0 Å². The van der Waals surface area contributed by atoms with Crippen molar-refractivity contribution < 1.29 is 4.52 Å². The molecule has 0 amide bonds. The van der Waals surface area contributed by atoms with Gasteiger partial charge in [0.25, 0.3) is 0 Å². The molecule has 0 radical (unpaired) electrons. The molecule has 3 aromatic carbocycles. The summed E-state index contributed by atoms with van der Waals surface area (Å²) in [5.41, 5.74) is 5.22. The lowest BCUT2D eigenvalue weighted by Gasteiger charge is -2.20. The van der Waals surface area contributed by atoms with Crippen LogP contribution < -0.4 is 20.2 Å². The van der Waals surface area contributed by atoms with Crippen LogP contribution in [-0.4, -0.2) is 16.6 Å². The van der Waals surface area contributed by atoms with Crippen molar-refractivity contribution in [2.24, 2.45) is 0 Å². The number of aromatic nitrogens is 2. The fraction of sp³-hybridized carbons (Fsp3) is 0.120. The summed E-state index contributed by atoms with van der Waals surface area (Å²) in [7, 11) is -0.997. The van der Waals surface area contributed by atoms with Crippen molar-refractivity contribution in [1.29, 1.82) is 0 Å². The van der Waals surface area contributed by atoms with Crippen molar-refractivity contribution in [2.45, 2.75) is 12.8 Å². The average Bonchev–Trinajstić information content (AvgIpc) is 2.83. The number of nitrogens with one attached hydrogen (secondary N) is 3. The lowest BCUT2D eigenvalue weighted by Crippen LogP contribution is -2.03. The Morgan fingerprint density at radius 1 is 0.912 bits per heavy atom. The molecule has 5 rings (SSSR count). The number of aryl methyl sites for hydroxylation is 2. The van der Waals surface area contributed by atoms with E-state index in [1.807, 2.05) is 49.1 Å². The Morgan fingerprint density at radius 2 is 1.76 bits per heavy atom. The quantitative estimate of drug-likeness (QED) is 0.244. The number of anilines is 5. The summed E-state index contributed by atoms with van der Waals surface area (Å²) in [6.45, 7) is 2.02. The number of benzene rings is 3. The lowest BCUT2D eigenvalue weighted by molar-refractivity contribution is 0.623. The highest BCUT2D eigenvalue weighted by Gasteiger charge is 2.14. The van der Waals surface area contributed by atoms with Crippen LogP contribution in [0.15, 0.2) is 72.9 Å². The van der Waals surface area contributed by atoms with Gasteiger partial charge < -0.3 is 20.2 Å². The molecule has 1 aliphatic heterocycles. The van der Waals surface area contributed by atoms with Gasteiger partial charge in [0.2, 0.25) is 5.95 Å². The van der Waals surface area contributed by atoms with Gasteiger partial charge in [-0.25, -0.2) is 4.98 Å². The zero-order valence-electron chi connectivity index (χ0n) is 18.3. The molecule has 172 valence electrons. The van der Waals surface area contributed by atoms with Gasteiger partial charge in [-0.2, -0.15) is 4.98 Å². The SMILES string of the molecule is CP(Nc1ccc2cc1CCc1cccc(c1)Nc1ncc(Cl)c(n1)N2)Oc1ccccc1Cl. The van der Waals surface area contributed by atoms with E-state index in [1.165, 1.54) is 5.56 Å². The van der Waals surface area contributed by atoms with Crippen LogP contribution in [0.5, 0.6) is 5.75 Å². The van der Waals surface area contributed by atoms with Gasteiger partial charge in [-0.15, -0.1) is 0 Å². The van der Waals surface area contributed by atoms with Gasteiger partial charge in [-0.3, -0.25) is 0 Å². The van der Waals surface area contributed by atoms with Crippen molar-refractivity contribution in [2.75, 3.05) is 22.4 Å². The fourth-order valence-electron chi connectivity index (χ4n) is 3.71. The highest BCUT2D eigenvalue weighted by molar-refractivity contribution is 7.53. The van der Waals surface area contributed by atoms with Gasteiger partial charge in [-0.05, 0) is 66.4 Å². The van der Waals surface area contributed by atoms with Crippen LogP contribution in [0.1, 0.15) is 11.1 Å². The maximum Gasteiger partial charge on any atom is 0.229 e. The van der Waals surface area contributed by atoms with Crippen molar-refractivity contribution in [3.8, 4) is 5.75 Å². The second-order valence-electron chi connectivity index (χ2n) is 7.84. The molecule has 0 aliphatic carbocycles. The zero-order valence-corrected chi connectivity index (χ0v) is 20.8. The molecule has 1 aliphatic rings. The van der Waals surface area contributed by atoms with E-state index in [1.54, 1.807) is 6.20 Å². The van der Waals surface area contributed by atoms with E-state index in [9.17, 15) is 0 Å². The Balaban J connectivity index is 1.46. The first kappa shape index (κ1) is 22.7. The molecule has 9 heteroatoms. The van der Waals surface area contributed by atoms with Crippen LogP contribution in [0, 0.1) is 0 Å². The van der Waals surface area contributed by atoms with Crippen LogP contribution in [-0.2, 0) is 12.8 Å². The molecule has 6 nitrogen and oxygen atoms in total. The summed E-state index contributed by atoms with van der Waals surface area (Å²) < 4.78 is 6.09. The monoisotopic (exact) mass is 509 g/mol. The minimum atomic E-state index is -0.997. The van der Waals surface area contributed by atoms with E-state index >= 15 is 0 Å². The summed E-state index contributed by atoms with van der Waals surface area (Å²) in [6, 6.07) is 21.9. The first-order valence-electron chi connectivity index (χ1n) is 10.7. The van der Waals surface area contributed by atoms with Crippen LogP contribution in [0.25, 0.3) is 0 Å². The van der Waals surface area contributed by atoms with Crippen LogP contribution in [0.4, 0.5) is 28.8 Å². The van der Waals surface area contributed by atoms with Crippen molar-refractivity contribution in [1.82, 2.24) is 9.97 Å². The standard InChI is InChI=1S/C25H22Cl2N5OP/c1-34(33-23-8-3-2-7-20(23)26)32-22-12-11-19-14-17(22)10-9-16-5-4-6-18(13-16)30-25-28-15-21(27)24(29-19)31-25/h2-8,11-15,32H,9-10H2,1H3,(H2,28,29,30,31). The number of nitrogens with zero attached hydrogens (tertiary/aromatic N) is 2. The largest absolute Gasteiger partial charge is 0.452 e. The molecule has 0 fully saturated rings. The maximum atomic E-state index is 6.37. The third-order valence-electron chi connectivity index (χ3n) is 5.33. The Hall–Kier alpha value is -3.05. The summed E-state index contributed by atoms with van der Waals surface area (Å²) in [4.78, 5) is 8.86. The maximum absolute atomic E-state index is 6.37. The predicted molar refractivity (Wildman–Crippen MR) is 142 cm³/mol. The van der Waals surface area contributed by atoms with E-state index in [0.29, 0.717) is 27.6 Å². The molecule has 0 saturated carbocycles. The molecule has 34 heavy (non-hydrogen) atoms. The molecule has 1 unspecified atom stereocenters. The number of hydrogen-bond donors (Lipinski definition) is 3. The topological polar surface area (TPSA) is 71.1 Å². The minimum absolute atomic E-state index is 0.447. The highest BCUT2D eigenvalue weighted by atomic mass is 35.5. The van der Waals surface area contributed by atoms with Gasteiger partial charge >= 0.3 is 0 Å². The van der Waals surface area contributed by atoms with Gasteiger partial charge in [0.05, 0.1) is 11.2 Å². The van der Waals surface area contributed by atoms with Crippen LogP contribution in [0.2, 0.25) is 10.0 Å². The summed E-state index contributed by atoms with van der Waals surface area (Å²) in [5.74, 6) is 1.69. The van der Waals surface area contributed by atoms with Gasteiger partial charge in [-0.1, -0.05) is 47.5 Å². The summed E-state index contributed by atoms with van der Waals surface area (Å²) in [6.07, 6.45) is 3.31. The first-order chi connectivity index (χ1) is 16.5. The number of fused-ring (bicyclic) bond motifs is 6. The van der Waals surface area contributed by atoms with E-state index < -0.39 is 8.30 Å². The number of rotatable bonds is 4. The molecule has 6 bridgehead atoms. The zero-order chi connectivity index (χ0) is 23.5. The summed E-state index contributed by atoms with van der Waals surface area (Å²) >= 11 is 12.6. The normalized spacial score (nSPS) is 13.3. The Bertz CT molecular complexity index is 1340. The Morgan fingerprint density at radius 3 is 2.65 bits per heavy atom. The first-order valence-corrected chi connectivity index (χ1v) is 13.2. The number of hydrogen-bond acceptors (Lipinski definition) is 6. The predicted octanol–water partition coefficient (Wildman–Crippen LogP) is 7.80. The second-order valence-corrected chi connectivity index (χ2v) is 10.1. The third kappa shape index (κ3) is 5.36. The number of halogens is 2. The smallest absolute Gasteiger partial charge is 0.229 e. The Labute approximate surface area is 209 Å². The third-order valence-corrected chi connectivity index (χ3v) is 6.94. The second kappa shape index (κ2) is 10.1. The van der Waals surface area contributed by atoms with E-state index in [-0.39, 0.29) is 0 Å². The van der Waals surface area contributed by atoms with E-state index in [2.05, 4.69) is 50.0 Å². The molecular formula is C25H22Cl2N5OP. The fourth-order valence-corrected chi connectivity index (χ4v) is 5.13. The van der Waals surface area contributed by atoms with E-state index in [4.69, 9.17) is 27.7 Å². The molecule has 0 saturated heterocycles. The van der Waals surface area contributed by atoms with Gasteiger partial charge in [0, 0.05) is 23.7 Å². The molecule has 3 N–H and O–H groups in total. The number of para-hydroxylation sites is 1. The molecular weight excluding hydrogens is 488 g/mol. The van der Waals surface area contributed by atoms with Crippen molar-refractivity contribution in [3.05, 3.63) is 94.1 Å². The van der Waals surface area contributed by atoms with Gasteiger partial charge in [0.15, 0.2) is 14.1 Å². The molecule has 0 spiro atoms.